The highest BCUT2D eigenvalue weighted by Crippen LogP contribution is 2.27. The Morgan fingerprint density at radius 3 is 2.70 bits per heavy atom. The van der Waals surface area contributed by atoms with Crippen LogP contribution in [0.15, 0.2) is 12.1 Å². The van der Waals surface area contributed by atoms with E-state index in [0.717, 1.165) is 18.9 Å². The van der Waals surface area contributed by atoms with E-state index in [0.29, 0.717) is 0 Å². The van der Waals surface area contributed by atoms with Crippen LogP contribution in [0.2, 0.25) is 0 Å². The van der Waals surface area contributed by atoms with Gasteiger partial charge in [-0.2, -0.15) is 0 Å². The molecule has 0 bridgehead atoms. The number of halogens is 1. The first-order valence-corrected chi connectivity index (χ1v) is 6.22. The molecule has 0 saturated heterocycles. The minimum absolute atomic E-state index is 0.0121. The van der Waals surface area contributed by atoms with Gasteiger partial charge in [0.1, 0.15) is 11.4 Å². The van der Waals surface area contributed by atoms with Gasteiger partial charge in [-0.3, -0.25) is 4.79 Å². The van der Waals surface area contributed by atoms with Crippen LogP contribution in [0.5, 0.6) is 0 Å². The van der Waals surface area contributed by atoms with E-state index in [1.54, 1.807) is 7.05 Å². The Bertz CT molecular complexity index is 558. The van der Waals surface area contributed by atoms with Crippen LogP contribution in [0.1, 0.15) is 23.2 Å². The molecule has 2 rings (SSSR count). The van der Waals surface area contributed by atoms with Gasteiger partial charge in [0.2, 0.25) is 5.91 Å². The Labute approximate surface area is 115 Å². The lowest BCUT2D eigenvalue weighted by molar-refractivity contribution is -0.119. The third kappa shape index (κ3) is 2.98. The van der Waals surface area contributed by atoms with E-state index in [1.807, 2.05) is 0 Å². The van der Waals surface area contributed by atoms with Crippen molar-refractivity contribution >= 4 is 23.3 Å². The van der Waals surface area contributed by atoms with Gasteiger partial charge in [0, 0.05) is 13.1 Å². The minimum Gasteiger partial charge on any atom is -0.478 e. The average molecular weight is 281 g/mol. The van der Waals surface area contributed by atoms with Crippen LogP contribution in [0.3, 0.4) is 0 Å². The predicted octanol–water partition coefficient (Wildman–Crippen LogP) is 0.821. The molecule has 0 heterocycles. The molecule has 1 saturated carbocycles. The van der Waals surface area contributed by atoms with Crippen molar-refractivity contribution in [2.24, 2.45) is 0 Å². The number of benzene rings is 1. The summed E-state index contributed by atoms with van der Waals surface area (Å²) in [6.45, 7) is -0.0121. The number of carbonyl (C=O) groups is 2. The molecule has 6 nitrogen and oxygen atoms in total. The second kappa shape index (κ2) is 5.36. The zero-order chi connectivity index (χ0) is 14.9. The Morgan fingerprint density at radius 1 is 1.50 bits per heavy atom. The van der Waals surface area contributed by atoms with E-state index in [-0.39, 0.29) is 29.7 Å². The number of hydrogen-bond donors (Lipinski definition) is 3. The molecule has 20 heavy (non-hydrogen) atoms. The van der Waals surface area contributed by atoms with Crippen molar-refractivity contribution in [3.63, 3.8) is 0 Å². The fourth-order valence-electron chi connectivity index (χ4n) is 1.93. The van der Waals surface area contributed by atoms with E-state index in [1.165, 1.54) is 11.0 Å². The first kappa shape index (κ1) is 14.1. The Kier molecular flexibility index (Phi) is 3.78. The van der Waals surface area contributed by atoms with Crippen LogP contribution in [-0.4, -0.2) is 36.6 Å². The maximum atomic E-state index is 13.3. The molecule has 0 spiro atoms. The Balaban J connectivity index is 2.19. The quantitative estimate of drug-likeness (QED) is 0.694. The van der Waals surface area contributed by atoms with Crippen molar-refractivity contribution < 1.29 is 19.1 Å². The van der Waals surface area contributed by atoms with Gasteiger partial charge < -0.3 is 21.1 Å². The molecule has 1 aliphatic carbocycles. The molecular weight excluding hydrogens is 265 g/mol. The highest BCUT2D eigenvalue weighted by molar-refractivity contribution is 6.00. The summed E-state index contributed by atoms with van der Waals surface area (Å²) in [6, 6.07) is 2.62. The summed E-state index contributed by atoms with van der Waals surface area (Å²) in [5.41, 5.74) is 4.92. The highest BCUT2D eigenvalue weighted by Gasteiger charge is 2.25. The number of hydrogen-bond acceptors (Lipinski definition) is 4. The zero-order valence-electron chi connectivity index (χ0n) is 11.0. The minimum atomic E-state index is -1.33. The van der Waals surface area contributed by atoms with Crippen molar-refractivity contribution in [1.29, 1.82) is 0 Å². The number of nitrogens with one attached hydrogen (secondary N) is 1. The molecule has 0 radical (unpaired) electrons. The number of nitrogen functional groups attached to an aromatic ring is 1. The van der Waals surface area contributed by atoms with Gasteiger partial charge in [0.15, 0.2) is 0 Å². The fraction of sp³-hybridized carbons (Fsp3) is 0.385. The monoisotopic (exact) mass is 281 g/mol. The van der Waals surface area contributed by atoms with Gasteiger partial charge in [-0.05, 0) is 25.0 Å². The van der Waals surface area contributed by atoms with Crippen LogP contribution >= 0.6 is 0 Å². The summed E-state index contributed by atoms with van der Waals surface area (Å²) >= 11 is 0. The Morgan fingerprint density at radius 2 is 2.15 bits per heavy atom. The first-order valence-electron chi connectivity index (χ1n) is 6.22. The van der Waals surface area contributed by atoms with Gasteiger partial charge in [-0.25, -0.2) is 9.18 Å². The number of anilines is 2. The standard InChI is InChI=1S/C13H16FN3O3/c1-17(6-10(18)16-7-2-3-7)9-5-4-8(14)12(15)11(9)13(19)20/h4-5,7H,2-3,6,15H2,1H3,(H,16,18)(H,19,20). The molecule has 0 aromatic heterocycles. The number of amides is 1. The van der Waals surface area contributed by atoms with E-state index >= 15 is 0 Å². The van der Waals surface area contributed by atoms with Crippen LogP contribution in [0.25, 0.3) is 0 Å². The third-order valence-electron chi connectivity index (χ3n) is 3.12. The molecule has 1 aromatic rings. The molecule has 1 fully saturated rings. The molecule has 0 atom stereocenters. The van der Waals surface area contributed by atoms with Gasteiger partial charge in [-0.15, -0.1) is 0 Å². The lowest BCUT2D eigenvalue weighted by Crippen LogP contribution is -2.36. The van der Waals surface area contributed by atoms with Crippen molar-refractivity contribution in [3.05, 3.63) is 23.5 Å². The van der Waals surface area contributed by atoms with Crippen molar-refractivity contribution in [1.82, 2.24) is 5.32 Å². The summed E-state index contributed by atoms with van der Waals surface area (Å²) in [7, 11) is 1.56. The molecule has 0 aliphatic heterocycles. The number of aromatic carboxylic acids is 1. The Hall–Kier alpha value is -2.31. The first-order chi connectivity index (χ1) is 9.40. The van der Waals surface area contributed by atoms with E-state index < -0.39 is 17.5 Å². The number of carboxylic acid groups (broad SMARTS) is 1. The summed E-state index contributed by atoms with van der Waals surface area (Å²) < 4.78 is 13.3. The van der Waals surface area contributed by atoms with Gasteiger partial charge in [0.25, 0.3) is 0 Å². The predicted molar refractivity (Wildman–Crippen MR) is 72.2 cm³/mol. The summed E-state index contributed by atoms with van der Waals surface area (Å²) in [5, 5.41) is 11.9. The molecule has 1 aromatic carbocycles. The topological polar surface area (TPSA) is 95.7 Å². The van der Waals surface area contributed by atoms with Crippen molar-refractivity contribution in [2.45, 2.75) is 18.9 Å². The normalized spacial score (nSPS) is 13.9. The summed E-state index contributed by atoms with van der Waals surface area (Å²) in [6.07, 6.45) is 1.94. The number of likely N-dealkylation sites (N-methyl/N-ethyl adjacent to an activating group) is 1. The molecule has 1 aliphatic rings. The van der Waals surface area contributed by atoms with E-state index in [4.69, 9.17) is 10.8 Å². The van der Waals surface area contributed by atoms with Gasteiger partial charge >= 0.3 is 5.97 Å². The molecule has 1 amide bonds. The second-order valence-corrected chi connectivity index (χ2v) is 4.86. The van der Waals surface area contributed by atoms with Gasteiger partial charge in [0.05, 0.1) is 17.9 Å². The number of carboxylic acids is 1. The molecule has 0 unspecified atom stereocenters. The average Bonchev–Trinajstić information content (AvgIpc) is 3.15. The molecule has 108 valence electrons. The van der Waals surface area contributed by atoms with Crippen LogP contribution in [0, 0.1) is 5.82 Å². The second-order valence-electron chi connectivity index (χ2n) is 4.86. The fourth-order valence-corrected chi connectivity index (χ4v) is 1.93. The highest BCUT2D eigenvalue weighted by atomic mass is 19.1. The number of nitrogens with two attached hydrogens (primary N) is 1. The number of rotatable bonds is 5. The molecule has 4 N–H and O–H groups in total. The number of nitrogens with zero attached hydrogens (tertiary/aromatic N) is 1. The van der Waals surface area contributed by atoms with Crippen molar-refractivity contribution in [3.8, 4) is 0 Å². The number of carbonyl (C=O) groups excluding carboxylic acids is 1. The third-order valence-corrected chi connectivity index (χ3v) is 3.12. The molecule has 7 heteroatoms. The zero-order valence-corrected chi connectivity index (χ0v) is 11.0. The lowest BCUT2D eigenvalue weighted by atomic mass is 10.1. The molecular formula is C13H16FN3O3. The maximum Gasteiger partial charge on any atom is 0.340 e. The van der Waals surface area contributed by atoms with Crippen LogP contribution in [-0.2, 0) is 4.79 Å². The van der Waals surface area contributed by atoms with E-state index in [2.05, 4.69) is 5.32 Å². The maximum absolute atomic E-state index is 13.3. The smallest absolute Gasteiger partial charge is 0.340 e. The van der Waals surface area contributed by atoms with E-state index in [9.17, 15) is 14.0 Å². The summed E-state index contributed by atoms with van der Waals surface area (Å²) in [4.78, 5) is 24.3. The lowest BCUT2D eigenvalue weighted by Gasteiger charge is -2.21. The van der Waals surface area contributed by atoms with Gasteiger partial charge in [-0.1, -0.05) is 0 Å². The SMILES string of the molecule is CN(CC(=O)NC1CC1)c1ccc(F)c(N)c1C(=O)O. The van der Waals surface area contributed by atoms with Crippen molar-refractivity contribution in [2.75, 3.05) is 24.2 Å². The summed E-state index contributed by atoms with van der Waals surface area (Å²) in [5.74, 6) is -2.32. The largest absolute Gasteiger partial charge is 0.478 e. The van der Waals surface area contributed by atoms with Crippen LogP contribution < -0.4 is 16.0 Å². The van der Waals surface area contributed by atoms with Crippen LogP contribution in [0.4, 0.5) is 15.8 Å².